The molecule has 1 heterocycles. The average molecular weight is 237 g/mol. The van der Waals surface area contributed by atoms with Crippen LogP contribution in [0.5, 0.6) is 0 Å². The van der Waals surface area contributed by atoms with E-state index in [0.717, 1.165) is 31.0 Å². The van der Waals surface area contributed by atoms with Crippen LogP contribution in [-0.2, 0) is 16.9 Å². The quantitative estimate of drug-likeness (QED) is 0.790. The molecular formula is C13H23N3O. The topological polar surface area (TPSA) is 47.0 Å². The number of nitrogens with one attached hydrogen (secondary N) is 1. The highest BCUT2D eigenvalue weighted by atomic mass is 16.5. The molecule has 0 aliphatic heterocycles. The predicted molar refractivity (Wildman–Crippen MR) is 68.7 cm³/mol. The fourth-order valence-corrected chi connectivity index (χ4v) is 1.65. The SMILES string of the molecule is CCNCc1ccnc(C(C)(CC)OCC)n1. The van der Waals surface area contributed by atoms with Crippen LogP contribution in [0.3, 0.4) is 0 Å². The van der Waals surface area contributed by atoms with E-state index in [1.807, 2.05) is 26.1 Å². The fraction of sp³-hybridized carbons (Fsp3) is 0.692. The van der Waals surface area contributed by atoms with Gasteiger partial charge in [-0.3, -0.25) is 0 Å². The summed E-state index contributed by atoms with van der Waals surface area (Å²) in [5, 5.41) is 3.26. The Hall–Kier alpha value is -1.00. The van der Waals surface area contributed by atoms with E-state index >= 15 is 0 Å². The van der Waals surface area contributed by atoms with Crippen LogP contribution in [0.15, 0.2) is 12.3 Å². The Bertz CT molecular complexity index is 343. The van der Waals surface area contributed by atoms with Gasteiger partial charge in [-0.2, -0.15) is 0 Å². The van der Waals surface area contributed by atoms with Crippen molar-refractivity contribution in [2.45, 2.75) is 46.3 Å². The van der Waals surface area contributed by atoms with Crippen molar-refractivity contribution in [2.24, 2.45) is 0 Å². The van der Waals surface area contributed by atoms with Crippen LogP contribution in [0.1, 0.15) is 45.6 Å². The normalized spacial score (nSPS) is 14.6. The minimum Gasteiger partial charge on any atom is -0.368 e. The monoisotopic (exact) mass is 237 g/mol. The average Bonchev–Trinajstić information content (AvgIpc) is 2.37. The van der Waals surface area contributed by atoms with Gasteiger partial charge >= 0.3 is 0 Å². The Kier molecular flexibility index (Phi) is 5.51. The Morgan fingerprint density at radius 3 is 2.71 bits per heavy atom. The maximum Gasteiger partial charge on any atom is 0.160 e. The van der Waals surface area contributed by atoms with Gasteiger partial charge in [-0.1, -0.05) is 13.8 Å². The molecule has 0 bridgehead atoms. The van der Waals surface area contributed by atoms with Crippen LogP contribution in [0.2, 0.25) is 0 Å². The second-order valence-electron chi connectivity index (χ2n) is 4.17. The molecule has 0 saturated carbocycles. The van der Waals surface area contributed by atoms with Crippen LogP contribution in [-0.4, -0.2) is 23.1 Å². The molecule has 0 fully saturated rings. The molecule has 1 N–H and O–H groups in total. The number of ether oxygens (including phenoxy) is 1. The summed E-state index contributed by atoms with van der Waals surface area (Å²) in [4.78, 5) is 8.92. The highest BCUT2D eigenvalue weighted by molar-refractivity contribution is 5.07. The van der Waals surface area contributed by atoms with Gasteiger partial charge in [0.2, 0.25) is 0 Å². The molecule has 4 heteroatoms. The Labute approximate surface area is 104 Å². The van der Waals surface area contributed by atoms with E-state index in [2.05, 4.69) is 29.1 Å². The number of hydrogen-bond donors (Lipinski definition) is 1. The van der Waals surface area contributed by atoms with Gasteiger partial charge in [0.15, 0.2) is 5.82 Å². The molecule has 1 unspecified atom stereocenters. The highest BCUT2D eigenvalue weighted by Gasteiger charge is 2.28. The lowest BCUT2D eigenvalue weighted by molar-refractivity contribution is -0.0392. The molecule has 0 amide bonds. The first-order chi connectivity index (χ1) is 8.16. The summed E-state index contributed by atoms with van der Waals surface area (Å²) in [7, 11) is 0. The first kappa shape index (κ1) is 14.1. The van der Waals surface area contributed by atoms with Crippen LogP contribution in [0, 0.1) is 0 Å². The number of aromatic nitrogens is 2. The van der Waals surface area contributed by atoms with Crippen molar-refractivity contribution in [1.29, 1.82) is 0 Å². The van der Waals surface area contributed by atoms with Crippen molar-refractivity contribution in [1.82, 2.24) is 15.3 Å². The van der Waals surface area contributed by atoms with Crippen molar-refractivity contribution in [2.75, 3.05) is 13.2 Å². The standard InChI is InChI=1S/C13H23N3O/c1-5-13(4,17-7-3)12-15-9-8-11(16-12)10-14-6-2/h8-9,14H,5-7,10H2,1-4H3. The van der Waals surface area contributed by atoms with E-state index in [9.17, 15) is 0 Å². The molecular weight excluding hydrogens is 214 g/mol. The van der Waals surface area contributed by atoms with Gasteiger partial charge in [0.1, 0.15) is 5.60 Å². The molecule has 1 aromatic rings. The van der Waals surface area contributed by atoms with E-state index in [4.69, 9.17) is 4.74 Å². The Morgan fingerprint density at radius 1 is 1.35 bits per heavy atom. The van der Waals surface area contributed by atoms with E-state index in [-0.39, 0.29) is 5.60 Å². The third-order valence-electron chi connectivity index (χ3n) is 2.88. The van der Waals surface area contributed by atoms with Crippen molar-refractivity contribution in [3.8, 4) is 0 Å². The lowest BCUT2D eigenvalue weighted by Crippen LogP contribution is -2.28. The summed E-state index contributed by atoms with van der Waals surface area (Å²) in [5.41, 5.74) is 0.632. The lowest BCUT2D eigenvalue weighted by Gasteiger charge is -2.26. The van der Waals surface area contributed by atoms with E-state index in [1.165, 1.54) is 0 Å². The van der Waals surface area contributed by atoms with Gasteiger partial charge in [0.05, 0.1) is 5.69 Å². The summed E-state index contributed by atoms with van der Waals surface area (Å²) in [5.74, 6) is 0.775. The molecule has 0 radical (unpaired) electrons. The van der Waals surface area contributed by atoms with Gasteiger partial charge in [0, 0.05) is 19.3 Å². The molecule has 1 rings (SSSR count). The van der Waals surface area contributed by atoms with Gasteiger partial charge in [-0.05, 0) is 32.9 Å². The van der Waals surface area contributed by atoms with Gasteiger partial charge in [0.25, 0.3) is 0 Å². The van der Waals surface area contributed by atoms with Crippen LogP contribution < -0.4 is 5.32 Å². The lowest BCUT2D eigenvalue weighted by atomic mass is 10.0. The summed E-state index contributed by atoms with van der Waals surface area (Å²) in [6.45, 7) is 10.6. The second kappa shape index (κ2) is 6.67. The molecule has 0 aliphatic rings. The molecule has 17 heavy (non-hydrogen) atoms. The highest BCUT2D eigenvalue weighted by Crippen LogP contribution is 2.25. The van der Waals surface area contributed by atoms with Gasteiger partial charge < -0.3 is 10.1 Å². The number of nitrogens with zero attached hydrogens (tertiary/aromatic N) is 2. The zero-order valence-electron chi connectivity index (χ0n) is 11.3. The van der Waals surface area contributed by atoms with Crippen molar-refractivity contribution >= 4 is 0 Å². The van der Waals surface area contributed by atoms with Gasteiger partial charge in [-0.25, -0.2) is 9.97 Å². The molecule has 1 atom stereocenters. The minimum absolute atomic E-state index is 0.378. The summed E-state index contributed by atoms with van der Waals surface area (Å²) in [6.07, 6.45) is 2.67. The van der Waals surface area contributed by atoms with Crippen molar-refractivity contribution in [3.63, 3.8) is 0 Å². The predicted octanol–water partition coefficient (Wildman–Crippen LogP) is 2.25. The fourth-order valence-electron chi connectivity index (χ4n) is 1.65. The first-order valence-electron chi connectivity index (χ1n) is 6.33. The van der Waals surface area contributed by atoms with E-state index < -0.39 is 0 Å². The van der Waals surface area contributed by atoms with Crippen LogP contribution >= 0.6 is 0 Å². The van der Waals surface area contributed by atoms with Crippen LogP contribution in [0.25, 0.3) is 0 Å². The molecule has 0 aromatic carbocycles. The summed E-state index contributed by atoms with van der Waals surface area (Å²) in [6, 6.07) is 1.94. The Balaban J connectivity index is 2.88. The molecule has 0 saturated heterocycles. The van der Waals surface area contributed by atoms with E-state index in [0.29, 0.717) is 6.61 Å². The van der Waals surface area contributed by atoms with E-state index in [1.54, 1.807) is 0 Å². The minimum atomic E-state index is -0.378. The maximum atomic E-state index is 5.78. The molecule has 1 aromatic heterocycles. The zero-order valence-corrected chi connectivity index (χ0v) is 11.3. The van der Waals surface area contributed by atoms with Crippen LogP contribution in [0.4, 0.5) is 0 Å². The maximum absolute atomic E-state index is 5.78. The molecule has 0 spiro atoms. The first-order valence-corrected chi connectivity index (χ1v) is 6.33. The summed E-state index contributed by atoms with van der Waals surface area (Å²) < 4.78 is 5.78. The van der Waals surface area contributed by atoms with Crippen molar-refractivity contribution < 1.29 is 4.74 Å². The largest absolute Gasteiger partial charge is 0.368 e. The molecule has 0 aliphatic carbocycles. The summed E-state index contributed by atoms with van der Waals surface area (Å²) >= 11 is 0. The van der Waals surface area contributed by atoms with Gasteiger partial charge in [-0.15, -0.1) is 0 Å². The Morgan fingerprint density at radius 2 is 2.12 bits per heavy atom. The molecule has 96 valence electrons. The number of hydrogen-bond acceptors (Lipinski definition) is 4. The molecule has 4 nitrogen and oxygen atoms in total. The third kappa shape index (κ3) is 3.75. The second-order valence-corrected chi connectivity index (χ2v) is 4.17. The smallest absolute Gasteiger partial charge is 0.160 e. The third-order valence-corrected chi connectivity index (χ3v) is 2.88. The zero-order chi connectivity index (χ0) is 12.7. The van der Waals surface area contributed by atoms with Crippen molar-refractivity contribution in [3.05, 3.63) is 23.8 Å². The number of rotatable bonds is 7.